The SMILES string of the molecule is CCC(=O)N[C@@H]1CC[C@H](n2cnc3c(N[C@@H]4CCN(C(=O)N5CC[C@@H](Nc6nc(NCCc7cn(C)cn7)nc7c6ncn7[C@@H]6C[C@H](NC(=O)CC)[C@@H](O)[C@H]6O)C5)C4)nc(NCCc4cn(C)cn4)nc32)C1. The fourth-order valence-corrected chi connectivity index (χ4v) is 10.6. The molecule has 4 aliphatic rings. The number of likely N-dealkylation sites (tertiary alicyclic amines) is 2. The van der Waals surface area contributed by atoms with Crippen molar-refractivity contribution < 1.29 is 24.6 Å². The number of nitrogens with one attached hydrogen (secondary N) is 6. The number of hydrogen-bond acceptors (Lipinski definition) is 17. The molecule has 0 bridgehead atoms. The summed E-state index contributed by atoms with van der Waals surface area (Å²) in [4.78, 5) is 80.5. The Bertz CT molecular complexity index is 2890. The van der Waals surface area contributed by atoms with Gasteiger partial charge in [-0.15, -0.1) is 0 Å². The van der Waals surface area contributed by atoms with Crippen LogP contribution in [0.4, 0.5) is 28.3 Å². The van der Waals surface area contributed by atoms with E-state index in [1.54, 1.807) is 30.5 Å². The van der Waals surface area contributed by atoms with Crippen LogP contribution in [0.1, 0.15) is 88.7 Å². The van der Waals surface area contributed by atoms with E-state index in [4.69, 9.17) is 29.9 Å². The van der Waals surface area contributed by atoms with Gasteiger partial charge in [0.25, 0.3) is 0 Å². The summed E-state index contributed by atoms with van der Waals surface area (Å²) in [5, 5.41) is 42.1. The van der Waals surface area contributed by atoms with Crippen LogP contribution >= 0.6 is 0 Å². The van der Waals surface area contributed by atoms with Gasteiger partial charge in [-0.2, -0.15) is 19.9 Å². The fourth-order valence-electron chi connectivity index (χ4n) is 10.6. The number of amides is 4. The zero-order chi connectivity index (χ0) is 50.0. The van der Waals surface area contributed by atoms with E-state index in [1.807, 2.05) is 58.7 Å². The molecule has 6 aromatic rings. The summed E-state index contributed by atoms with van der Waals surface area (Å²) in [5.74, 6) is 1.74. The molecule has 2 aliphatic heterocycles. The number of aliphatic hydroxyl groups is 2. The number of hydrogen-bond donors (Lipinski definition) is 8. The summed E-state index contributed by atoms with van der Waals surface area (Å²) in [6, 6.07) is -1.30. The van der Waals surface area contributed by atoms with Crippen molar-refractivity contribution in [3.8, 4) is 0 Å². The molecule has 2 saturated carbocycles. The van der Waals surface area contributed by atoms with Crippen molar-refractivity contribution >= 4 is 63.7 Å². The highest BCUT2D eigenvalue weighted by Gasteiger charge is 2.44. The molecule has 8 atom stereocenters. The van der Waals surface area contributed by atoms with Crippen LogP contribution in [0.5, 0.6) is 0 Å². The van der Waals surface area contributed by atoms with Crippen molar-refractivity contribution in [2.75, 3.05) is 60.5 Å². The smallest absolute Gasteiger partial charge is 0.320 e. The van der Waals surface area contributed by atoms with Crippen molar-refractivity contribution in [1.29, 1.82) is 0 Å². The second-order valence-electron chi connectivity index (χ2n) is 19.7. The first-order chi connectivity index (χ1) is 34.9. The number of anilines is 4. The number of imidazole rings is 4. The molecule has 6 aromatic heterocycles. The highest BCUT2D eigenvalue weighted by atomic mass is 16.3. The topological polar surface area (TPSA) is 293 Å². The van der Waals surface area contributed by atoms with Gasteiger partial charge in [0.05, 0.1) is 48.8 Å². The van der Waals surface area contributed by atoms with Crippen LogP contribution in [-0.4, -0.2) is 172 Å². The second kappa shape index (κ2) is 20.9. The molecule has 25 nitrogen and oxygen atoms in total. The molecule has 8 heterocycles. The van der Waals surface area contributed by atoms with E-state index < -0.39 is 24.3 Å². The lowest BCUT2D eigenvalue weighted by Crippen LogP contribution is -2.42. The predicted octanol–water partition coefficient (Wildman–Crippen LogP) is 1.72. The van der Waals surface area contributed by atoms with Gasteiger partial charge in [-0.25, -0.2) is 24.7 Å². The third-order valence-corrected chi connectivity index (χ3v) is 14.4. The molecule has 0 spiro atoms. The summed E-state index contributed by atoms with van der Waals surface area (Å²) in [5.41, 5.74) is 4.18. The number of aromatic nitrogens is 12. The minimum Gasteiger partial charge on any atom is -0.388 e. The lowest BCUT2D eigenvalue weighted by Gasteiger charge is -2.25. The van der Waals surface area contributed by atoms with Gasteiger partial charge < -0.3 is 70.2 Å². The maximum atomic E-state index is 14.2. The van der Waals surface area contributed by atoms with E-state index >= 15 is 0 Å². The quantitative estimate of drug-likeness (QED) is 0.0608. The van der Waals surface area contributed by atoms with Gasteiger partial charge in [-0.05, 0) is 38.5 Å². The van der Waals surface area contributed by atoms with E-state index in [0.717, 1.165) is 30.7 Å². The normalized spacial score (nSPS) is 24.1. The standard InChI is InChI=1S/C47H66N20O5/c1-5-35(68)54-27-7-8-32(17-27)66-25-52-37-41(58-45(60-43(37)66)48-13-9-28-19-62(3)23-50-28)55-30-11-15-64(21-30)47(72)65-16-12-31(22-65)56-42-38-44(61-46(59-42)49-14-10-29-20-63(4)24-51-29)67(26-53-38)34-18-33(39(70)40(34)71)57-36(69)6-2/h19-20,23-27,30-34,39-40,70-71H,5-18,21-22H2,1-4H3,(H,54,68)(H,57,69)(H2,48,55,58,60)(H2,49,56,59,61)/t27-,30-,31-,32+,33+,34-,39-,40+/m1/s1. The molecule has 0 unspecified atom stereocenters. The Hall–Kier alpha value is -7.15. The number of aryl methyl sites for hydroxylation is 2. The van der Waals surface area contributed by atoms with Gasteiger partial charge >= 0.3 is 6.03 Å². The first kappa shape index (κ1) is 48.5. The van der Waals surface area contributed by atoms with Gasteiger partial charge in [0.2, 0.25) is 23.7 Å². The average Bonchev–Trinajstić information content (AvgIpc) is 4.23. The maximum Gasteiger partial charge on any atom is 0.320 e. The lowest BCUT2D eigenvalue weighted by molar-refractivity contribution is -0.122. The zero-order valence-corrected chi connectivity index (χ0v) is 41.3. The van der Waals surface area contributed by atoms with Crippen LogP contribution in [0, 0.1) is 0 Å². The average molecular weight is 991 g/mol. The van der Waals surface area contributed by atoms with Crippen LogP contribution in [0.2, 0.25) is 0 Å². The molecule has 0 radical (unpaired) electrons. The Morgan fingerprint density at radius 1 is 0.625 bits per heavy atom. The van der Waals surface area contributed by atoms with E-state index in [9.17, 15) is 24.6 Å². The first-order valence-electron chi connectivity index (χ1n) is 25.3. The van der Waals surface area contributed by atoms with E-state index in [1.165, 1.54) is 0 Å². The highest BCUT2D eigenvalue weighted by Crippen LogP contribution is 2.36. The number of aliphatic hydroxyl groups excluding tert-OH is 2. The van der Waals surface area contributed by atoms with Crippen molar-refractivity contribution in [3.63, 3.8) is 0 Å². The lowest BCUT2D eigenvalue weighted by atomic mass is 10.2. The molecule has 25 heteroatoms. The molecule has 2 aliphatic carbocycles. The van der Waals surface area contributed by atoms with Gasteiger partial charge in [0.1, 0.15) is 12.2 Å². The highest BCUT2D eigenvalue weighted by molar-refractivity contribution is 5.86. The number of urea groups is 1. The Morgan fingerprint density at radius 2 is 1.17 bits per heavy atom. The summed E-state index contributed by atoms with van der Waals surface area (Å²) in [6.07, 6.45) is 14.8. The van der Waals surface area contributed by atoms with E-state index in [0.29, 0.717) is 117 Å². The van der Waals surface area contributed by atoms with Crippen molar-refractivity contribution in [2.45, 2.75) is 127 Å². The molecular formula is C47H66N20O5. The van der Waals surface area contributed by atoms with Crippen molar-refractivity contribution in [2.24, 2.45) is 14.1 Å². The maximum absolute atomic E-state index is 14.2. The molecule has 0 aromatic carbocycles. The minimum absolute atomic E-state index is 0.0453. The van der Waals surface area contributed by atoms with Crippen LogP contribution < -0.4 is 31.9 Å². The molecule has 4 amide bonds. The molecule has 384 valence electrons. The van der Waals surface area contributed by atoms with Gasteiger partial charge in [0, 0.05) is 116 Å². The van der Waals surface area contributed by atoms with Crippen molar-refractivity contribution in [1.82, 2.24) is 78.6 Å². The Labute approximate surface area is 416 Å². The molecule has 72 heavy (non-hydrogen) atoms. The minimum atomic E-state index is -1.17. The van der Waals surface area contributed by atoms with Crippen LogP contribution in [0.3, 0.4) is 0 Å². The van der Waals surface area contributed by atoms with Gasteiger partial charge in [0.15, 0.2) is 34.0 Å². The Morgan fingerprint density at radius 3 is 1.71 bits per heavy atom. The largest absolute Gasteiger partial charge is 0.388 e. The number of carbonyl (C=O) groups excluding carboxylic acids is 3. The number of carbonyl (C=O) groups is 3. The third-order valence-electron chi connectivity index (χ3n) is 14.4. The molecule has 2 saturated heterocycles. The van der Waals surface area contributed by atoms with Crippen LogP contribution in [0.15, 0.2) is 37.7 Å². The summed E-state index contributed by atoms with van der Waals surface area (Å²) >= 11 is 0. The van der Waals surface area contributed by atoms with Crippen LogP contribution in [0.25, 0.3) is 22.3 Å². The monoisotopic (exact) mass is 991 g/mol. The Kier molecular flexibility index (Phi) is 14.1. The van der Waals surface area contributed by atoms with E-state index in [2.05, 4.69) is 46.4 Å². The third kappa shape index (κ3) is 10.4. The first-order valence-corrected chi connectivity index (χ1v) is 25.3. The molecule has 8 N–H and O–H groups in total. The van der Waals surface area contributed by atoms with Gasteiger partial charge in [-0.3, -0.25) is 9.59 Å². The number of nitrogens with zero attached hydrogens (tertiary/aromatic N) is 14. The number of rotatable bonds is 18. The van der Waals surface area contributed by atoms with Gasteiger partial charge in [-0.1, -0.05) is 13.8 Å². The zero-order valence-electron chi connectivity index (χ0n) is 41.3. The second-order valence-corrected chi connectivity index (χ2v) is 19.7. The van der Waals surface area contributed by atoms with Crippen molar-refractivity contribution in [3.05, 3.63) is 49.1 Å². The predicted molar refractivity (Wildman–Crippen MR) is 267 cm³/mol. The molecule has 4 fully saturated rings. The summed E-state index contributed by atoms with van der Waals surface area (Å²) in [6.45, 7) is 6.71. The fraction of sp³-hybridized carbons (Fsp3) is 0.596. The summed E-state index contributed by atoms with van der Waals surface area (Å²) in [7, 11) is 3.87. The van der Waals surface area contributed by atoms with E-state index in [-0.39, 0.29) is 54.9 Å². The molecule has 10 rings (SSSR count). The summed E-state index contributed by atoms with van der Waals surface area (Å²) < 4.78 is 7.68. The Balaban J connectivity index is 0.815. The number of fused-ring (bicyclic) bond motifs is 2. The van der Waals surface area contributed by atoms with Crippen LogP contribution in [-0.2, 0) is 36.5 Å². The molecular weight excluding hydrogens is 925 g/mol.